The van der Waals surface area contributed by atoms with Gasteiger partial charge in [0, 0.05) is 25.5 Å². The summed E-state index contributed by atoms with van der Waals surface area (Å²) >= 11 is 0. The van der Waals surface area contributed by atoms with Crippen LogP contribution in [0.1, 0.15) is 12.2 Å². The number of likely N-dealkylation sites (N-methyl/N-ethyl adjacent to an activating group) is 1. The number of rotatable bonds is 5. The number of fused-ring (bicyclic) bond motifs is 1. The Morgan fingerprint density at radius 3 is 2.59 bits per heavy atom. The molecule has 1 aliphatic heterocycles. The van der Waals surface area contributed by atoms with Gasteiger partial charge in [-0.2, -0.15) is 0 Å². The number of aryl methyl sites for hydroxylation is 1. The fourth-order valence-corrected chi connectivity index (χ4v) is 3.40. The lowest BCUT2D eigenvalue weighted by atomic mass is 10.1. The lowest BCUT2D eigenvalue weighted by Crippen LogP contribution is -2.50. The van der Waals surface area contributed by atoms with Crippen LogP contribution in [0.4, 0.5) is 5.69 Å². The summed E-state index contributed by atoms with van der Waals surface area (Å²) < 4.78 is 11.6. The molecule has 0 radical (unpaired) electrons. The van der Waals surface area contributed by atoms with E-state index in [2.05, 4.69) is 5.32 Å². The first-order valence-corrected chi connectivity index (χ1v) is 9.57. The quantitative estimate of drug-likeness (QED) is 0.725. The molecule has 4 rings (SSSR count). The highest BCUT2D eigenvalue weighted by molar-refractivity contribution is 5.97. The van der Waals surface area contributed by atoms with Gasteiger partial charge in [-0.3, -0.25) is 9.59 Å². The topological polar surface area (TPSA) is 71.8 Å². The summed E-state index contributed by atoms with van der Waals surface area (Å²) in [5.74, 6) is 1.74. The van der Waals surface area contributed by atoms with Gasteiger partial charge < -0.3 is 19.4 Å². The van der Waals surface area contributed by atoms with Crippen LogP contribution >= 0.6 is 0 Å². The number of furan rings is 1. The Kier molecular flexibility index (Phi) is 5.33. The average molecular weight is 390 g/mol. The van der Waals surface area contributed by atoms with E-state index >= 15 is 0 Å². The molecule has 1 atom stereocenters. The fourth-order valence-electron chi connectivity index (χ4n) is 3.40. The lowest BCUT2D eigenvalue weighted by molar-refractivity contribution is -0.127. The molecule has 0 bridgehead atoms. The molecule has 2 aromatic carbocycles. The van der Waals surface area contributed by atoms with Crippen LogP contribution in [0.2, 0.25) is 0 Å². The van der Waals surface area contributed by atoms with Crippen LogP contribution in [-0.4, -0.2) is 31.5 Å². The Bertz CT molecular complexity index is 1010. The smallest absolute Gasteiger partial charge is 0.262 e. The summed E-state index contributed by atoms with van der Waals surface area (Å²) in [7, 11) is 1.56. The second-order valence-electron chi connectivity index (χ2n) is 6.82. The van der Waals surface area contributed by atoms with Crippen molar-refractivity contribution in [1.29, 1.82) is 0 Å². The van der Waals surface area contributed by atoms with Crippen molar-refractivity contribution in [1.82, 2.24) is 5.32 Å². The molecule has 0 saturated heterocycles. The highest BCUT2D eigenvalue weighted by Crippen LogP contribution is 2.33. The van der Waals surface area contributed by atoms with E-state index in [1.165, 1.54) is 0 Å². The van der Waals surface area contributed by atoms with Crippen LogP contribution in [0.3, 0.4) is 0 Å². The van der Waals surface area contributed by atoms with Gasteiger partial charge in [-0.15, -0.1) is 0 Å². The van der Waals surface area contributed by atoms with E-state index in [1.54, 1.807) is 18.0 Å². The Hall–Kier alpha value is -3.54. The molecular formula is C23H22N2O4. The molecule has 0 aliphatic carbocycles. The standard InChI is InChI=1S/C23H22N2O4/c1-24-23(27)21-15-25(18-9-5-6-10-20(18)29-21)22(26)14-12-17-11-13-19(28-17)16-7-3-2-4-8-16/h2-11,13,21H,12,14-15H2,1H3,(H,24,27)/t21-/m1/s1. The number of para-hydroxylation sites is 2. The van der Waals surface area contributed by atoms with Crippen LogP contribution in [0.25, 0.3) is 11.3 Å². The van der Waals surface area contributed by atoms with Crippen LogP contribution in [0, 0.1) is 0 Å². The van der Waals surface area contributed by atoms with Crippen molar-refractivity contribution in [2.45, 2.75) is 18.9 Å². The number of anilines is 1. The second-order valence-corrected chi connectivity index (χ2v) is 6.82. The third-order valence-corrected chi connectivity index (χ3v) is 4.92. The summed E-state index contributed by atoms with van der Waals surface area (Å²) in [5.41, 5.74) is 1.68. The van der Waals surface area contributed by atoms with E-state index in [4.69, 9.17) is 9.15 Å². The predicted octanol–water partition coefficient (Wildman–Crippen LogP) is 3.42. The maximum atomic E-state index is 13.0. The van der Waals surface area contributed by atoms with Crippen LogP contribution in [0.15, 0.2) is 71.1 Å². The number of nitrogens with one attached hydrogen (secondary N) is 1. The Morgan fingerprint density at radius 1 is 1.03 bits per heavy atom. The second kappa shape index (κ2) is 8.22. The fraction of sp³-hybridized carbons (Fsp3) is 0.217. The third kappa shape index (κ3) is 4.01. The van der Waals surface area contributed by atoms with Crippen molar-refractivity contribution in [3.05, 3.63) is 72.5 Å². The third-order valence-electron chi connectivity index (χ3n) is 4.92. The van der Waals surface area contributed by atoms with Gasteiger partial charge in [0.2, 0.25) is 5.91 Å². The van der Waals surface area contributed by atoms with E-state index < -0.39 is 6.10 Å². The molecular weight excluding hydrogens is 368 g/mol. The zero-order valence-electron chi connectivity index (χ0n) is 16.1. The number of carbonyl (C=O) groups excluding carboxylic acids is 2. The molecule has 2 amide bonds. The van der Waals surface area contributed by atoms with E-state index in [0.29, 0.717) is 17.9 Å². The maximum Gasteiger partial charge on any atom is 0.262 e. The van der Waals surface area contributed by atoms with E-state index in [1.807, 2.05) is 60.7 Å². The minimum Gasteiger partial charge on any atom is -0.477 e. The van der Waals surface area contributed by atoms with Gasteiger partial charge in [0.15, 0.2) is 6.10 Å². The predicted molar refractivity (Wildman–Crippen MR) is 110 cm³/mol. The van der Waals surface area contributed by atoms with Crippen molar-refractivity contribution < 1.29 is 18.7 Å². The summed E-state index contributed by atoms with van der Waals surface area (Å²) in [6.07, 6.45) is 0.0268. The van der Waals surface area contributed by atoms with Crippen LogP contribution < -0.4 is 15.0 Å². The first kappa shape index (κ1) is 18.8. The number of amides is 2. The van der Waals surface area contributed by atoms with Crippen molar-refractivity contribution in [3.8, 4) is 17.1 Å². The summed E-state index contributed by atoms with van der Waals surface area (Å²) in [5, 5.41) is 2.58. The minimum atomic E-state index is -0.729. The molecule has 0 unspecified atom stereocenters. The van der Waals surface area contributed by atoms with Crippen molar-refractivity contribution in [2.24, 2.45) is 0 Å². The Balaban J connectivity index is 1.47. The van der Waals surface area contributed by atoms with Crippen molar-refractivity contribution in [3.63, 3.8) is 0 Å². The number of carbonyl (C=O) groups is 2. The van der Waals surface area contributed by atoms with E-state index in [-0.39, 0.29) is 24.8 Å². The van der Waals surface area contributed by atoms with Gasteiger partial charge in [0.25, 0.3) is 5.91 Å². The van der Waals surface area contributed by atoms with Crippen LogP contribution in [-0.2, 0) is 16.0 Å². The highest BCUT2D eigenvalue weighted by Gasteiger charge is 2.33. The first-order chi connectivity index (χ1) is 14.2. The molecule has 0 spiro atoms. The minimum absolute atomic E-state index is 0.0766. The highest BCUT2D eigenvalue weighted by atomic mass is 16.5. The Labute approximate surface area is 169 Å². The molecule has 1 aromatic heterocycles. The maximum absolute atomic E-state index is 13.0. The molecule has 0 fully saturated rings. The number of hydrogen-bond acceptors (Lipinski definition) is 4. The van der Waals surface area contributed by atoms with Crippen molar-refractivity contribution >= 4 is 17.5 Å². The summed E-state index contributed by atoms with van der Waals surface area (Å²) in [6, 6.07) is 20.9. The molecule has 1 aliphatic rings. The number of benzene rings is 2. The van der Waals surface area contributed by atoms with E-state index in [9.17, 15) is 9.59 Å². The molecule has 2 heterocycles. The van der Waals surface area contributed by atoms with Gasteiger partial charge in [-0.25, -0.2) is 0 Å². The largest absolute Gasteiger partial charge is 0.477 e. The van der Waals surface area contributed by atoms with Gasteiger partial charge in [0.1, 0.15) is 17.3 Å². The molecule has 0 saturated carbocycles. The number of nitrogens with zero attached hydrogens (tertiary/aromatic N) is 1. The van der Waals surface area contributed by atoms with E-state index in [0.717, 1.165) is 17.1 Å². The lowest BCUT2D eigenvalue weighted by Gasteiger charge is -2.34. The van der Waals surface area contributed by atoms with Gasteiger partial charge >= 0.3 is 0 Å². The molecule has 6 nitrogen and oxygen atoms in total. The summed E-state index contributed by atoms with van der Waals surface area (Å²) in [4.78, 5) is 26.7. The summed E-state index contributed by atoms with van der Waals surface area (Å²) in [6.45, 7) is 0.183. The molecule has 148 valence electrons. The SMILES string of the molecule is CNC(=O)[C@H]1CN(C(=O)CCc2ccc(-c3ccccc3)o2)c2ccccc2O1. The average Bonchev–Trinajstić information content (AvgIpc) is 3.26. The molecule has 29 heavy (non-hydrogen) atoms. The van der Waals surface area contributed by atoms with Gasteiger partial charge in [-0.05, 0) is 24.3 Å². The molecule has 3 aromatic rings. The van der Waals surface area contributed by atoms with Gasteiger partial charge in [0.05, 0.1) is 12.2 Å². The Morgan fingerprint density at radius 2 is 1.79 bits per heavy atom. The first-order valence-electron chi connectivity index (χ1n) is 9.57. The zero-order chi connectivity index (χ0) is 20.2. The van der Waals surface area contributed by atoms with Crippen LogP contribution in [0.5, 0.6) is 5.75 Å². The molecule has 1 N–H and O–H groups in total. The normalized spacial score (nSPS) is 15.3. The number of hydrogen-bond donors (Lipinski definition) is 1. The molecule has 6 heteroatoms. The van der Waals surface area contributed by atoms with Crippen molar-refractivity contribution in [2.75, 3.05) is 18.5 Å². The monoisotopic (exact) mass is 390 g/mol. The number of ether oxygens (including phenoxy) is 1. The van der Waals surface area contributed by atoms with Gasteiger partial charge in [-0.1, -0.05) is 42.5 Å². The zero-order valence-corrected chi connectivity index (χ0v) is 16.1.